The molecular formula is C11H13BrN2O3. The molecular weight excluding hydrogens is 288 g/mol. The van der Waals surface area contributed by atoms with Gasteiger partial charge >= 0.3 is 5.97 Å². The number of carboxylic acids is 1. The van der Waals surface area contributed by atoms with Crippen molar-refractivity contribution in [3.8, 4) is 0 Å². The van der Waals surface area contributed by atoms with E-state index in [1.54, 1.807) is 18.2 Å². The largest absolute Gasteiger partial charge is 0.481 e. The molecule has 0 heterocycles. The van der Waals surface area contributed by atoms with Crippen molar-refractivity contribution in [2.45, 2.75) is 12.8 Å². The van der Waals surface area contributed by atoms with Gasteiger partial charge in [0.15, 0.2) is 0 Å². The third kappa shape index (κ3) is 4.07. The summed E-state index contributed by atoms with van der Waals surface area (Å²) in [5, 5.41) is 11.1. The highest BCUT2D eigenvalue weighted by Crippen LogP contribution is 2.22. The van der Waals surface area contributed by atoms with Crippen molar-refractivity contribution in [1.82, 2.24) is 5.32 Å². The number of para-hydroxylation sites is 1. The average Bonchev–Trinajstić information content (AvgIpc) is 2.27. The van der Waals surface area contributed by atoms with Crippen LogP contribution in [0.5, 0.6) is 0 Å². The molecule has 0 aromatic heterocycles. The number of anilines is 1. The molecule has 1 amide bonds. The van der Waals surface area contributed by atoms with E-state index >= 15 is 0 Å². The van der Waals surface area contributed by atoms with E-state index in [2.05, 4.69) is 21.2 Å². The first-order valence-corrected chi connectivity index (χ1v) is 5.85. The van der Waals surface area contributed by atoms with Crippen molar-refractivity contribution in [2.24, 2.45) is 0 Å². The number of nitrogens with two attached hydrogens (primary N) is 1. The topological polar surface area (TPSA) is 92.4 Å². The number of nitrogens with one attached hydrogen (secondary N) is 1. The van der Waals surface area contributed by atoms with E-state index in [9.17, 15) is 9.59 Å². The van der Waals surface area contributed by atoms with Gasteiger partial charge in [-0.2, -0.15) is 0 Å². The second-order valence-electron chi connectivity index (χ2n) is 3.45. The van der Waals surface area contributed by atoms with Gasteiger partial charge in [0.2, 0.25) is 0 Å². The maximum absolute atomic E-state index is 11.7. The lowest BCUT2D eigenvalue weighted by atomic mass is 10.1. The molecule has 1 rings (SSSR count). The number of rotatable bonds is 5. The Bertz CT molecular complexity index is 435. The molecule has 0 spiro atoms. The van der Waals surface area contributed by atoms with Crippen molar-refractivity contribution in [3.05, 3.63) is 28.2 Å². The number of hydrogen-bond donors (Lipinski definition) is 3. The summed E-state index contributed by atoms with van der Waals surface area (Å²) in [4.78, 5) is 22.0. The van der Waals surface area contributed by atoms with Crippen molar-refractivity contribution < 1.29 is 14.7 Å². The van der Waals surface area contributed by atoms with E-state index in [0.717, 1.165) is 0 Å². The number of halogens is 1. The molecule has 5 nitrogen and oxygen atoms in total. The molecule has 0 fully saturated rings. The van der Waals surface area contributed by atoms with Crippen molar-refractivity contribution >= 4 is 33.5 Å². The normalized spacial score (nSPS) is 9.94. The van der Waals surface area contributed by atoms with Crippen LogP contribution in [0.25, 0.3) is 0 Å². The lowest BCUT2D eigenvalue weighted by molar-refractivity contribution is -0.137. The van der Waals surface area contributed by atoms with Crippen LogP contribution < -0.4 is 11.1 Å². The van der Waals surface area contributed by atoms with Crippen LogP contribution in [-0.4, -0.2) is 23.5 Å². The van der Waals surface area contributed by atoms with Gasteiger partial charge in [-0.05, 0) is 34.5 Å². The predicted molar refractivity (Wildman–Crippen MR) is 67.8 cm³/mol. The quantitative estimate of drug-likeness (QED) is 0.569. The Morgan fingerprint density at radius 3 is 2.76 bits per heavy atom. The van der Waals surface area contributed by atoms with Gasteiger partial charge in [0, 0.05) is 17.4 Å². The summed E-state index contributed by atoms with van der Waals surface area (Å²) >= 11 is 3.23. The number of carbonyl (C=O) groups excluding carboxylic acids is 1. The van der Waals surface area contributed by atoms with Crippen LogP contribution in [0.3, 0.4) is 0 Å². The van der Waals surface area contributed by atoms with Crippen LogP contribution in [0, 0.1) is 0 Å². The first-order chi connectivity index (χ1) is 8.02. The summed E-state index contributed by atoms with van der Waals surface area (Å²) in [5.74, 6) is -1.17. The SMILES string of the molecule is Nc1c(Br)cccc1C(=O)NCCCC(=O)O. The zero-order valence-corrected chi connectivity index (χ0v) is 10.7. The number of benzene rings is 1. The minimum atomic E-state index is -0.874. The summed E-state index contributed by atoms with van der Waals surface area (Å²) in [6, 6.07) is 5.08. The lowest BCUT2D eigenvalue weighted by Gasteiger charge is -2.07. The molecule has 92 valence electrons. The fourth-order valence-corrected chi connectivity index (χ4v) is 1.64. The molecule has 1 aromatic carbocycles. The van der Waals surface area contributed by atoms with E-state index < -0.39 is 5.97 Å². The Morgan fingerprint density at radius 2 is 2.12 bits per heavy atom. The molecule has 0 bridgehead atoms. The van der Waals surface area contributed by atoms with Crippen LogP contribution in [0.1, 0.15) is 23.2 Å². The summed E-state index contributed by atoms with van der Waals surface area (Å²) in [7, 11) is 0. The number of carboxylic acid groups (broad SMARTS) is 1. The molecule has 17 heavy (non-hydrogen) atoms. The number of carbonyl (C=O) groups is 2. The summed E-state index contributed by atoms with van der Waals surface area (Å²) < 4.78 is 0.663. The van der Waals surface area contributed by atoms with E-state index in [1.807, 2.05) is 0 Å². The highest BCUT2D eigenvalue weighted by atomic mass is 79.9. The molecule has 0 saturated carbocycles. The van der Waals surface area contributed by atoms with Crippen LogP contribution in [0.4, 0.5) is 5.69 Å². The van der Waals surface area contributed by atoms with Gasteiger partial charge in [0.25, 0.3) is 5.91 Å². The minimum absolute atomic E-state index is 0.0360. The van der Waals surface area contributed by atoms with Gasteiger partial charge in [-0.25, -0.2) is 0 Å². The third-order valence-corrected chi connectivity index (χ3v) is 2.84. The highest BCUT2D eigenvalue weighted by Gasteiger charge is 2.10. The monoisotopic (exact) mass is 300 g/mol. The van der Waals surface area contributed by atoms with Gasteiger partial charge in [-0.15, -0.1) is 0 Å². The Kier molecular flexibility index (Phi) is 4.96. The standard InChI is InChI=1S/C11H13BrN2O3/c12-8-4-1-3-7(10(8)13)11(17)14-6-2-5-9(15)16/h1,3-4H,2,5-6,13H2,(H,14,17)(H,15,16). The number of amides is 1. The molecule has 0 radical (unpaired) electrons. The van der Waals surface area contributed by atoms with E-state index in [4.69, 9.17) is 10.8 Å². The second kappa shape index (κ2) is 6.24. The Balaban J connectivity index is 2.53. The average molecular weight is 301 g/mol. The van der Waals surface area contributed by atoms with Crippen molar-refractivity contribution in [1.29, 1.82) is 0 Å². The fourth-order valence-electron chi connectivity index (χ4n) is 1.27. The molecule has 0 aliphatic heterocycles. The number of nitrogen functional groups attached to an aromatic ring is 1. The lowest BCUT2D eigenvalue weighted by Crippen LogP contribution is -2.25. The molecule has 0 saturated heterocycles. The fraction of sp³-hybridized carbons (Fsp3) is 0.273. The highest BCUT2D eigenvalue weighted by molar-refractivity contribution is 9.10. The first kappa shape index (κ1) is 13.5. The van der Waals surface area contributed by atoms with Crippen molar-refractivity contribution in [3.63, 3.8) is 0 Å². The molecule has 6 heteroatoms. The molecule has 4 N–H and O–H groups in total. The summed E-state index contributed by atoms with van der Waals surface area (Å²) in [6.45, 7) is 0.317. The van der Waals surface area contributed by atoms with Crippen molar-refractivity contribution in [2.75, 3.05) is 12.3 Å². The zero-order valence-electron chi connectivity index (χ0n) is 9.07. The minimum Gasteiger partial charge on any atom is -0.481 e. The van der Waals surface area contributed by atoms with Crippen LogP contribution >= 0.6 is 15.9 Å². The maximum atomic E-state index is 11.7. The predicted octanol–water partition coefficient (Wildman–Crippen LogP) is 1.63. The van der Waals surface area contributed by atoms with Crippen LogP contribution in [0.2, 0.25) is 0 Å². The maximum Gasteiger partial charge on any atom is 0.303 e. The van der Waals surface area contributed by atoms with Crippen LogP contribution in [0.15, 0.2) is 22.7 Å². The first-order valence-electron chi connectivity index (χ1n) is 5.06. The van der Waals surface area contributed by atoms with E-state index in [1.165, 1.54) is 0 Å². The van der Waals surface area contributed by atoms with Gasteiger partial charge in [0.1, 0.15) is 0 Å². The smallest absolute Gasteiger partial charge is 0.303 e. The second-order valence-corrected chi connectivity index (χ2v) is 4.31. The zero-order chi connectivity index (χ0) is 12.8. The van der Waals surface area contributed by atoms with Gasteiger partial charge in [-0.1, -0.05) is 6.07 Å². The Morgan fingerprint density at radius 1 is 1.41 bits per heavy atom. The van der Waals surface area contributed by atoms with E-state index in [-0.39, 0.29) is 12.3 Å². The Labute approximate surface area is 107 Å². The molecule has 0 aliphatic rings. The summed E-state index contributed by atoms with van der Waals surface area (Å²) in [6.07, 6.45) is 0.434. The molecule has 0 aliphatic carbocycles. The van der Waals surface area contributed by atoms with Gasteiger partial charge < -0.3 is 16.2 Å². The number of aliphatic carboxylic acids is 1. The molecule has 0 unspecified atom stereocenters. The van der Waals surface area contributed by atoms with Gasteiger partial charge in [-0.3, -0.25) is 9.59 Å². The number of hydrogen-bond acceptors (Lipinski definition) is 3. The third-order valence-electron chi connectivity index (χ3n) is 2.15. The summed E-state index contributed by atoms with van der Waals surface area (Å²) in [5.41, 5.74) is 6.50. The Hall–Kier alpha value is -1.56. The van der Waals surface area contributed by atoms with E-state index in [0.29, 0.717) is 28.7 Å². The molecule has 1 aromatic rings. The van der Waals surface area contributed by atoms with Gasteiger partial charge in [0.05, 0.1) is 11.3 Å². The van der Waals surface area contributed by atoms with Crippen LogP contribution in [-0.2, 0) is 4.79 Å². The molecule has 0 atom stereocenters.